The molecule has 0 amide bonds. The third-order valence-corrected chi connectivity index (χ3v) is 4.68. The maximum Gasteiger partial charge on any atom is 0.334 e. The van der Waals surface area contributed by atoms with Gasteiger partial charge in [0.25, 0.3) is 0 Å². The van der Waals surface area contributed by atoms with Crippen LogP contribution in [0.15, 0.2) is 11.8 Å². The smallest absolute Gasteiger partial charge is 0.334 e. The number of aliphatic hydroxyl groups excluding tert-OH is 11. The molecule has 0 heterocycles. The fourth-order valence-corrected chi connectivity index (χ4v) is 1.28. The Bertz CT molecular complexity index is 435. The zero-order valence-corrected chi connectivity index (χ0v) is 18.7. The van der Waals surface area contributed by atoms with Crippen molar-refractivity contribution in [1.82, 2.24) is 0 Å². The quantitative estimate of drug-likeness (QED) is 0.0753. The maximum absolute atomic E-state index is 10.4. The molecule has 0 saturated carbocycles. The predicted molar refractivity (Wildman–Crippen MR) is 113 cm³/mol. The van der Waals surface area contributed by atoms with Gasteiger partial charge in [-0.2, -0.15) is 0 Å². The van der Waals surface area contributed by atoms with Gasteiger partial charge in [0.2, 0.25) is 0 Å². The minimum absolute atomic E-state index is 0.00211. The molecule has 0 radical (unpaired) electrons. The Morgan fingerprint density at radius 2 is 0.818 bits per heavy atom. The van der Waals surface area contributed by atoms with Gasteiger partial charge in [-0.25, -0.2) is 4.79 Å². The van der Waals surface area contributed by atoms with Crippen LogP contribution >= 0.6 is 0 Å². The van der Waals surface area contributed by atoms with Gasteiger partial charge in [-0.05, 0) is 6.92 Å². The van der Waals surface area contributed by atoms with E-state index in [1.807, 2.05) is 0 Å². The van der Waals surface area contributed by atoms with Crippen LogP contribution in [-0.2, 0) is 9.53 Å². The minimum atomic E-state index is -1.14. The zero-order chi connectivity index (χ0) is 26.6. The molecule has 0 spiro atoms. The second-order valence-electron chi connectivity index (χ2n) is 7.66. The van der Waals surface area contributed by atoms with E-state index in [4.69, 9.17) is 66.0 Å². The summed E-state index contributed by atoms with van der Waals surface area (Å²) in [4.78, 5) is 10.4. The molecule has 12 N–H and O–H groups in total. The first kappa shape index (κ1) is 36.1. The summed E-state index contributed by atoms with van der Waals surface area (Å²) < 4.78 is 4.87. The first-order valence-electron chi connectivity index (χ1n) is 9.71. The van der Waals surface area contributed by atoms with Crippen molar-refractivity contribution in [3.8, 4) is 0 Å². The van der Waals surface area contributed by atoms with E-state index in [0.29, 0.717) is 0 Å². The van der Waals surface area contributed by atoms with Crippen LogP contribution in [0, 0.1) is 16.2 Å². The molecule has 0 aliphatic heterocycles. The van der Waals surface area contributed by atoms with Crippen LogP contribution in [-0.4, -0.2) is 147 Å². The molecular weight excluding hydrogens is 452 g/mol. The van der Waals surface area contributed by atoms with Crippen molar-refractivity contribution in [2.75, 3.05) is 79.3 Å². The Kier molecular flexibility index (Phi) is 21.9. The zero-order valence-electron chi connectivity index (χ0n) is 18.7. The van der Waals surface area contributed by atoms with E-state index in [1.54, 1.807) is 0 Å². The molecule has 0 unspecified atom stereocenters. The second kappa shape index (κ2) is 20.0. The normalized spacial score (nSPS) is 12.3. The number of aliphatic carboxylic acids is 1. The number of ether oxygens (including phenoxy) is 1. The number of carboxylic acids is 1. The average molecular weight is 493 g/mol. The van der Waals surface area contributed by atoms with E-state index in [2.05, 4.69) is 0 Å². The number of hydrogen-bond donors (Lipinski definition) is 12. The van der Waals surface area contributed by atoms with Crippen LogP contribution in [0.2, 0.25) is 0 Å². The SMILES string of the molecule is CC(=COCC(CO)(CO)CO)C(=O)O.OCC(CO)(CO)CO.OCC(CO)(CO)CO. The monoisotopic (exact) mass is 492 g/mol. The molecule has 0 saturated heterocycles. The van der Waals surface area contributed by atoms with Gasteiger partial charge in [0.05, 0.1) is 107 Å². The highest BCUT2D eigenvalue weighted by molar-refractivity contribution is 5.85. The summed E-state index contributed by atoms with van der Waals surface area (Å²) in [5, 5.41) is 103. The van der Waals surface area contributed by atoms with Gasteiger partial charge in [-0.15, -0.1) is 0 Å². The van der Waals surface area contributed by atoms with Crippen LogP contribution in [0.25, 0.3) is 0 Å². The Morgan fingerprint density at radius 1 is 0.576 bits per heavy atom. The van der Waals surface area contributed by atoms with Crippen molar-refractivity contribution in [3.63, 3.8) is 0 Å². The Hall–Kier alpha value is -1.43. The highest BCUT2D eigenvalue weighted by atomic mass is 16.5. The van der Waals surface area contributed by atoms with Crippen LogP contribution in [0.3, 0.4) is 0 Å². The first-order valence-corrected chi connectivity index (χ1v) is 9.71. The summed E-state index contributed by atoms with van der Waals surface area (Å²) in [6.45, 7) is -3.39. The van der Waals surface area contributed by atoms with Crippen molar-refractivity contribution in [3.05, 3.63) is 11.8 Å². The molecule has 33 heavy (non-hydrogen) atoms. The molecule has 0 rings (SSSR count). The molecular formula is C19H40O14. The fourth-order valence-electron chi connectivity index (χ4n) is 1.28. The molecule has 0 bridgehead atoms. The second-order valence-corrected chi connectivity index (χ2v) is 7.66. The minimum Gasteiger partial charge on any atom is -0.500 e. The van der Waals surface area contributed by atoms with Crippen molar-refractivity contribution in [1.29, 1.82) is 0 Å². The summed E-state index contributed by atoms with van der Waals surface area (Å²) in [5.41, 5.74) is -3.37. The van der Waals surface area contributed by atoms with Crippen molar-refractivity contribution < 1.29 is 70.8 Å². The molecule has 0 aromatic rings. The molecule has 0 aliphatic carbocycles. The summed E-state index contributed by atoms with van der Waals surface area (Å²) in [6.07, 6.45) is 1.01. The van der Waals surface area contributed by atoms with Crippen LogP contribution < -0.4 is 0 Å². The van der Waals surface area contributed by atoms with Crippen molar-refractivity contribution >= 4 is 5.97 Å². The Labute approximate surface area is 191 Å². The molecule has 0 atom stereocenters. The van der Waals surface area contributed by atoms with E-state index < -0.39 is 94.9 Å². The first-order chi connectivity index (χ1) is 15.5. The highest BCUT2D eigenvalue weighted by Crippen LogP contribution is 2.15. The number of rotatable bonds is 15. The third-order valence-electron chi connectivity index (χ3n) is 4.68. The van der Waals surface area contributed by atoms with E-state index in [9.17, 15) is 4.79 Å². The topological polar surface area (TPSA) is 269 Å². The molecule has 0 fully saturated rings. The van der Waals surface area contributed by atoms with Gasteiger partial charge in [-0.1, -0.05) is 0 Å². The molecule has 0 aliphatic rings. The van der Waals surface area contributed by atoms with E-state index >= 15 is 0 Å². The lowest BCUT2D eigenvalue weighted by Crippen LogP contribution is -2.38. The van der Waals surface area contributed by atoms with Gasteiger partial charge in [0.1, 0.15) is 0 Å². The van der Waals surface area contributed by atoms with E-state index in [-0.39, 0.29) is 12.2 Å². The summed E-state index contributed by atoms with van der Waals surface area (Å²) in [7, 11) is 0. The van der Waals surface area contributed by atoms with Gasteiger partial charge >= 0.3 is 5.97 Å². The van der Waals surface area contributed by atoms with Gasteiger partial charge in [0, 0.05) is 0 Å². The van der Waals surface area contributed by atoms with E-state index in [0.717, 1.165) is 6.26 Å². The summed E-state index contributed by atoms with van der Waals surface area (Å²) in [5.74, 6) is -1.11. The number of carboxylic acid groups (broad SMARTS) is 1. The molecule has 0 aromatic carbocycles. The van der Waals surface area contributed by atoms with Crippen LogP contribution in [0.4, 0.5) is 0 Å². The van der Waals surface area contributed by atoms with Crippen LogP contribution in [0.1, 0.15) is 6.92 Å². The molecule has 14 heteroatoms. The number of aliphatic hydroxyl groups is 11. The molecule has 14 nitrogen and oxygen atoms in total. The van der Waals surface area contributed by atoms with Crippen LogP contribution in [0.5, 0.6) is 0 Å². The van der Waals surface area contributed by atoms with Gasteiger partial charge in [-0.3, -0.25) is 0 Å². The summed E-state index contributed by atoms with van der Waals surface area (Å²) in [6, 6.07) is 0. The standard InChI is InChI=1S/C9H16O6.2C5H12O4/c1-7(8(13)14)2-15-6-9(3-10,4-11)5-12;2*6-1-5(2-7,3-8)4-9/h2,10-12H,3-6H2,1H3,(H,13,14);2*6-9H,1-4H2. The summed E-state index contributed by atoms with van der Waals surface area (Å²) >= 11 is 0. The maximum atomic E-state index is 10.4. The lowest BCUT2D eigenvalue weighted by molar-refractivity contribution is -0.132. The average Bonchev–Trinajstić information content (AvgIpc) is 2.86. The highest BCUT2D eigenvalue weighted by Gasteiger charge is 2.29. The third kappa shape index (κ3) is 13.8. The van der Waals surface area contributed by atoms with Gasteiger partial charge < -0.3 is 66.0 Å². The van der Waals surface area contributed by atoms with Gasteiger partial charge in [0.15, 0.2) is 0 Å². The lowest BCUT2D eigenvalue weighted by Gasteiger charge is -2.26. The molecule has 0 aromatic heterocycles. The number of hydrogen-bond acceptors (Lipinski definition) is 13. The Morgan fingerprint density at radius 3 is 0.970 bits per heavy atom. The lowest BCUT2D eigenvalue weighted by atomic mass is 9.93. The van der Waals surface area contributed by atoms with Crippen molar-refractivity contribution in [2.24, 2.45) is 16.2 Å². The van der Waals surface area contributed by atoms with Crippen molar-refractivity contribution in [2.45, 2.75) is 6.92 Å². The van der Waals surface area contributed by atoms with E-state index in [1.165, 1.54) is 6.92 Å². The number of carbonyl (C=O) groups is 1. The Balaban J connectivity index is -0.000000433. The predicted octanol–water partition coefficient (Wildman–Crippen LogP) is -5.16. The largest absolute Gasteiger partial charge is 0.500 e. The molecule has 200 valence electrons. The fraction of sp³-hybridized carbons (Fsp3) is 0.842.